The standard InChI is InChI=1S/C13H13F3N2O/c14-13(15,16)12(9-17)6-7-18(12)11(8-19)10-4-2-1-3-5-10/h1-5,11,19H,6-8H2/t11-,12-/m1/s1. The normalized spacial score (nSPS) is 25.4. The van der Waals surface area contributed by atoms with Crippen molar-refractivity contribution >= 4 is 0 Å². The van der Waals surface area contributed by atoms with Gasteiger partial charge in [0.05, 0.1) is 18.7 Å². The molecule has 1 aromatic rings. The molecule has 19 heavy (non-hydrogen) atoms. The summed E-state index contributed by atoms with van der Waals surface area (Å²) in [5, 5.41) is 18.3. The molecule has 0 aliphatic carbocycles. The van der Waals surface area contributed by atoms with Crippen LogP contribution in [0.5, 0.6) is 0 Å². The molecule has 0 aromatic heterocycles. The minimum atomic E-state index is -4.62. The van der Waals surface area contributed by atoms with Crippen LogP contribution in [-0.4, -0.2) is 34.9 Å². The number of aliphatic hydroxyl groups is 1. The zero-order valence-electron chi connectivity index (χ0n) is 10.1. The van der Waals surface area contributed by atoms with E-state index in [0.29, 0.717) is 5.56 Å². The first-order valence-corrected chi connectivity index (χ1v) is 5.87. The largest absolute Gasteiger partial charge is 0.420 e. The number of benzene rings is 1. The fraction of sp³-hybridized carbons (Fsp3) is 0.462. The Labute approximate surface area is 108 Å². The molecule has 1 aromatic carbocycles. The van der Waals surface area contributed by atoms with Crippen molar-refractivity contribution in [1.82, 2.24) is 4.90 Å². The number of nitriles is 1. The highest BCUT2D eigenvalue weighted by Gasteiger charge is 2.65. The maximum atomic E-state index is 13.1. The third-order valence-electron chi connectivity index (χ3n) is 3.59. The van der Waals surface area contributed by atoms with Gasteiger partial charge >= 0.3 is 6.18 Å². The lowest BCUT2D eigenvalue weighted by Crippen LogP contribution is -2.68. The van der Waals surface area contributed by atoms with E-state index in [1.54, 1.807) is 30.3 Å². The average Bonchev–Trinajstić information content (AvgIpc) is 2.34. The summed E-state index contributed by atoms with van der Waals surface area (Å²) >= 11 is 0. The Morgan fingerprint density at radius 3 is 2.37 bits per heavy atom. The van der Waals surface area contributed by atoms with E-state index in [4.69, 9.17) is 5.26 Å². The predicted molar refractivity (Wildman–Crippen MR) is 62.0 cm³/mol. The van der Waals surface area contributed by atoms with Crippen LogP contribution >= 0.6 is 0 Å². The van der Waals surface area contributed by atoms with Gasteiger partial charge in [0.15, 0.2) is 0 Å². The van der Waals surface area contributed by atoms with E-state index in [2.05, 4.69) is 0 Å². The van der Waals surface area contributed by atoms with Crippen LogP contribution in [0.4, 0.5) is 13.2 Å². The van der Waals surface area contributed by atoms with Crippen LogP contribution in [-0.2, 0) is 0 Å². The zero-order chi connectivity index (χ0) is 14.1. The molecule has 1 aliphatic heterocycles. The number of hydrogen-bond acceptors (Lipinski definition) is 3. The molecule has 0 amide bonds. The highest BCUT2D eigenvalue weighted by Crippen LogP contribution is 2.48. The molecular weight excluding hydrogens is 257 g/mol. The topological polar surface area (TPSA) is 47.3 Å². The Kier molecular flexibility index (Phi) is 3.52. The molecule has 2 rings (SSSR count). The molecule has 1 fully saturated rings. The smallest absolute Gasteiger partial charge is 0.394 e. The molecule has 0 saturated carbocycles. The molecule has 0 radical (unpaired) electrons. The van der Waals surface area contributed by atoms with Crippen LogP contribution in [0.25, 0.3) is 0 Å². The second kappa shape index (κ2) is 4.83. The Morgan fingerprint density at radius 1 is 1.37 bits per heavy atom. The van der Waals surface area contributed by atoms with E-state index in [9.17, 15) is 18.3 Å². The monoisotopic (exact) mass is 270 g/mol. The van der Waals surface area contributed by atoms with Gasteiger partial charge < -0.3 is 5.11 Å². The van der Waals surface area contributed by atoms with Gasteiger partial charge in [-0.3, -0.25) is 4.90 Å². The van der Waals surface area contributed by atoms with E-state index in [0.717, 1.165) is 4.90 Å². The fourth-order valence-electron chi connectivity index (χ4n) is 2.43. The quantitative estimate of drug-likeness (QED) is 0.916. The second-order valence-electron chi connectivity index (χ2n) is 4.52. The Bertz CT molecular complexity index is 483. The molecule has 0 spiro atoms. The Hall–Kier alpha value is -1.58. The molecule has 1 N–H and O–H groups in total. The summed E-state index contributed by atoms with van der Waals surface area (Å²) in [5.41, 5.74) is -1.90. The van der Waals surface area contributed by atoms with Crippen LogP contribution in [0.1, 0.15) is 18.0 Å². The summed E-state index contributed by atoms with van der Waals surface area (Å²) < 4.78 is 39.2. The van der Waals surface area contributed by atoms with Crippen LogP contribution in [0.2, 0.25) is 0 Å². The number of halogens is 3. The van der Waals surface area contributed by atoms with E-state index >= 15 is 0 Å². The average molecular weight is 270 g/mol. The zero-order valence-corrected chi connectivity index (χ0v) is 10.1. The highest BCUT2D eigenvalue weighted by molar-refractivity contribution is 5.26. The van der Waals surface area contributed by atoms with Crippen molar-refractivity contribution in [2.75, 3.05) is 13.2 Å². The third kappa shape index (κ3) is 2.09. The molecule has 2 atom stereocenters. The summed E-state index contributed by atoms with van der Waals surface area (Å²) in [4.78, 5) is 1.03. The molecule has 1 aliphatic rings. The van der Waals surface area contributed by atoms with E-state index in [1.807, 2.05) is 0 Å². The maximum Gasteiger partial charge on any atom is 0.420 e. The lowest BCUT2D eigenvalue weighted by molar-refractivity contribution is -0.254. The molecule has 102 valence electrons. The van der Waals surface area contributed by atoms with E-state index < -0.39 is 24.4 Å². The van der Waals surface area contributed by atoms with Gasteiger partial charge in [-0.15, -0.1) is 0 Å². The molecule has 1 saturated heterocycles. The lowest BCUT2D eigenvalue weighted by atomic mass is 9.82. The number of rotatable bonds is 3. The van der Waals surface area contributed by atoms with Gasteiger partial charge in [0.1, 0.15) is 0 Å². The summed E-state index contributed by atoms with van der Waals surface area (Å²) in [6.45, 7) is -0.309. The highest BCUT2D eigenvalue weighted by atomic mass is 19.4. The van der Waals surface area contributed by atoms with Gasteiger partial charge in [-0.25, -0.2) is 0 Å². The molecule has 3 nitrogen and oxygen atoms in total. The fourth-order valence-corrected chi connectivity index (χ4v) is 2.43. The number of likely N-dealkylation sites (tertiary alicyclic amines) is 1. The molecular formula is C13H13F3N2O. The number of aliphatic hydroxyl groups excluding tert-OH is 1. The summed E-state index contributed by atoms with van der Waals surface area (Å²) in [5.74, 6) is 0. The first-order chi connectivity index (χ1) is 8.96. The first-order valence-electron chi connectivity index (χ1n) is 5.87. The predicted octanol–water partition coefficient (Wildman–Crippen LogP) is 2.25. The maximum absolute atomic E-state index is 13.1. The second-order valence-corrected chi connectivity index (χ2v) is 4.52. The van der Waals surface area contributed by atoms with Crippen molar-refractivity contribution in [3.8, 4) is 6.07 Å². The van der Waals surface area contributed by atoms with Crippen molar-refractivity contribution in [2.24, 2.45) is 0 Å². The van der Waals surface area contributed by atoms with Crippen molar-refractivity contribution in [3.63, 3.8) is 0 Å². The summed E-state index contributed by atoms with van der Waals surface area (Å²) in [6.07, 6.45) is -4.88. The van der Waals surface area contributed by atoms with Gasteiger partial charge in [-0.05, 0) is 5.56 Å². The van der Waals surface area contributed by atoms with Gasteiger partial charge in [0, 0.05) is 13.0 Å². The SMILES string of the molecule is N#C[C@@]1(C(F)(F)F)CCN1[C@H](CO)c1ccccc1. The summed E-state index contributed by atoms with van der Waals surface area (Å²) in [7, 11) is 0. The first kappa shape index (κ1) is 13.8. The Morgan fingerprint density at radius 2 is 2.00 bits per heavy atom. The minimum Gasteiger partial charge on any atom is -0.394 e. The van der Waals surface area contributed by atoms with Gasteiger partial charge in [0.2, 0.25) is 5.54 Å². The molecule has 0 bridgehead atoms. The van der Waals surface area contributed by atoms with E-state index in [1.165, 1.54) is 6.07 Å². The summed E-state index contributed by atoms with van der Waals surface area (Å²) in [6, 6.07) is 9.00. The van der Waals surface area contributed by atoms with Crippen molar-refractivity contribution < 1.29 is 18.3 Å². The van der Waals surface area contributed by atoms with E-state index in [-0.39, 0.29) is 13.0 Å². The number of hydrogen-bond donors (Lipinski definition) is 1. The van der Waals surface area contributed by atoms with Gasteiger partial charge in [-0.2, -0.15) is 18.4 Å². The Balaban J connectivity index is 2.33. The van der Waals surface area contributed by atoms with Crippen LogP contribution in [0.3, 0.4) is 0 Å². The number of nitrogens with zero attached hydrogens (tertiary/aromatic N) is 2. The van der Waals surface area contributed by atoms with Crippen molar-refractivity contribution in [1.29, 1.82) is 5.26 Å². The van der Waals surface area contributed by atoms with Gasteiger partial charge in [-0.1, -0.05) is 30.3 Å². The molecule has 0 unspecified atom stereocenters. The van der Waals surface area contributed by atoms with Crippen molar-refractivity contribution in [3.05, 3.63) is 35.9 Å². The van der Waals surface area contributed by atoms with Crippen molar-refractivity contribution in [2.45, 2.75) is 24.2 Å². The van der Waals surface area contributed by atoms with Crippen LogP contribution in [0.15, 0.2) is 30.3 Å². The number of alkyl halides is 3. The van der Waals surface area contributed by atoms with Crippen LogP contribution in [0, 0.1) is 11.3 Å². The minimum absolute atomic E-state index is 0.146. The van der Waals surface area contributed by atoms with Gasteiger partial charge in [0.25, 0.3) is 0 Å². The molecule has 1 heterocycles. The third-order valence-corrected chi connectivity index (χ3v) is 3.59. The lowest BCUT2D eigenvalue weighted by Gasteiger charge is -2.51. The van der Waals surface area contributed by atoms with Crippen LogP contribution < -0.4 is 0 Å². The molecule has 6 heteroatoms.